The Hall–Kier alpha value is -2.11. The number of pyridine rings is 1. The van der Waals surface area contributed by atoms with Crippen molar-refractivity contribution in [1.29, 1.82) is 0 Å². The van der Waals surface area contributed by atoms with Crippen molar-refractivity contribution in [3.8, 4) is 0 Å². The number of hydrogen-bond acceptors (Lipinski definition) is 5. The summed E-state index contributed by atoms with van der Waals surface area (Å²) in [4.78, 5) is 27.2. The van der Waals surface area contributed by atoms with Gasteiger partial charge in [0.25, 0.3) is 5.91 Å². The van der Waals surface area contributed by atoms with Crippen molar-refractivity contribution in [3.05, 3.63) is 24.0 Å². The smallest absolute Gasteiger partial charge is 0.357 e. The van der Waals surface area contributed by atoms with Crippen molar-refractivity contribution in [2.24, 2.45) is 5.92 Å². The molecule has 0 aliphatic heterocycles. The third-order valence-electron chi connectivity index (χ3n) is 2.33. The molecule has 0 radical (unpaired) electrons. The first-order chi connectivity index (χ1) is 8.90. The maximum absolute atomic E-state index is 11.7. The van der Waals surface area contributed by atoms with E-state index in [1.54, 1.807) is 6.07 Å². The Bertz CT molecular complexity index is 443. The zero-order chi connectivity index (χ0) is 14.4. The molecule has 6 heteroatoms. The third-order valence-corrected chi connectivity index (χ3v) is 2.33. The van der Waals surface area contributed by atoms with Crippen LogP contribution in [0.4, 0.5) is 5.69 Å². The first kappa shape index (κ1) is 14.9. The van der Waals surface area contributed by atoms with Crippen LogP contribution in [0.15, 0.2) is 18.3 Å². The highest BCUT2D eigenvalue weighted by Gasteiger charge is 2.19. The predicted molar refractivity (Wildman–Crippen MR) is 71.4 cm³/mol. The van der Waals surface area contributed by atoms with Crippen LogP contribution in [0.5, 0.6) is 0 Å². The molecule has 0 fully saturated rings. The molecule has 0 aromatic carbocycles. The molecule has 0 spiro atoms. The number of carbonyl (C=O) groups excluding carboxylic acids is 2. The van der Waals surface area contributed by atoms with Gasteiger partial charge in [0.15, 0.2) is 6.10 Å². The Morgan fingerprint density at radius 1 is 1.37 bits per heavy atom. The van der Waals surface area contributed by atoms with Gasteiger partial charge in [-0.1, -0.05) is 13.8 Å². The predicted octanol–water partition coefficient (Wildman–Crippen LogP) is 0.981. The zero-order valence-electron chi connectivity index (χ0n) is 11.3. The van der Waals surface area contributed by atoms with Gasteiger partial charge in [0, 0.05) is 6.54 Å². The molecule has 0 aliphatic carbocycles. The van der Waals surface area contributed by atoms with Crippen molar-refractivity contribution in [3.63, 3.8) is 0 Å². The SMILES string of the molecule is CC(C)CNC(=O)C(C)OC(=O)c1ccc(N)cn1. The van der Waals surface area contributed by atoms with Crippen molar-refractivity contribution >= 4 is 17.6 Å². The number of amides is 1. The minimum atomic E-state index is -0.856. The summed E-state index contributed by atoms with van der Waals surface area (Å²) in [6.45, 7) is 6.02. The number of hydrogen-bond donors (Lipinski definition) is 2. The first-order valence-electron chi connectivity index (χ1n) is 6.10. The van der Waals surface area contributed by atoms with E-state index in [4.69, 9.17) is 10.5 Å². The minimum Gasteiger partial charge on any atom is -0.448 e. The fraction of sp³-hybridized carbons (Fsp3) is 0.462. The Morgan fingerprint density at radius 2 is 2.05 bits per heavy atom. The number of nitrogens with zero attached hydrogens (tertiary/aromatic N) is 1. The molecular formula is C13H19N3O3. The molecule has 3 N–H and O–H groups in total. The highest BCUT2D eigenvalue weighted by Crippen LogP contribution is 2.05. The lowest BCUT2D eigenvalue weighted by Gasteiger charge is -2.14. The van der Waals surface area contributed by atoms with Crippen LogP contribution in [0.2, 0.25) is 0 Å². The molecule has 6 nitrogen and oxygen atoms in total. The standard InChI is InChI=1S/C13H19N3O3/c1-8(2)6-16-12(17)9(3)19-13(18)11-5-4-10(14)7-15-11/h4-5,7-9H,6,14H2,1-3H3,(H,16,17). The van der Waals surface area contributed by atoms with Crippen molar-refractivity contribution < 1.29 is 14.3 Å². The molecule has 1 unspecified atom stereocenters. The van der Waals surface area contributed by atoms with E-state index < -0.39 is 12.1 Å². The van der Waals surface area contributed by atoms with E-state index in [-0.39, 0.29) is 11.6 Å². The van der Waals surface area contributed by atoms with Gasteiger partial charge < -0.3 is 15.8 Å². The quantitative estimate of drug-likeness (QED) is 0.774. The van der Waals surface area contributed by atoms with Crippen molar-refractivity contribution in [2.45, 2.75) is 26.9 Å². The van der Waals surface area contributed by atoms with Gasteiger partial charge in [0.05, 0.1) is 11.9 Å². The lowest BCUT2D eigenvalue weighted by atomic mass is 10.2. The number of rotatable bonds is 5. The summed E-state index contributed by atoms with van der Waals surface area (Å²) in [6, 6.07) is 3.00. The second kappa shape index (κ2) is 6.72. The summed E-state index contributed by atoms with van der Waals surface area (Å²) in [5.74, 6) is -0.629. The maximum atomic E-state index is 11.7. The average Bonchev–Trinajstić information content (AvgIpc) is 2.36. The van der Waals surface area contributed by atoms with E-state index >= 15 is 0 Å². The van der Waals surface area contributed by atoms with Gasteiger partial charge >= 0.3 is 5.97 Å². The van der Waals surface area contributed by atoms with Crippen molar-refractivity contribution in [1.82, 2.24) is 10.3 Å². The first-order valence-corrected chi connectivity index (χ1v) is 6.10. The van der Waals surface area contributed by atoms with Crippen LogP contribution in [-0.4, -0.2) is 29.5 Å². The summed E-state index contributed by atoms with van der Waals surface area (Å²) in [7, 11) is 0. The second-order valence-corrected chi connectivity index (χ2v) is 4.66. The fourth-order valence-electron chi connectivity index (χ4n) is 1.25. The summed E-state index contributed by atoms with van der Waals surface area (Å²) in [5, 5.41) is 2.69. The largest absolute Gasteiger partial charge is 0.448 e. The molecule has 0 saturated carbocycles. The Balaban J connectivity index is 2.51. The Kier molecular flexibility index (Phi) is 5.29. The molecule has 0 aliphatic rings. The number of esters is 1. The van der Waals surface area contributed by atoms with E-state index in [1.807, 2.05) is 13.8 Å². The fourth-order valence-corrected chi connectivity index (χ4v) is 1.25. The number of ether oxygens (including phenoxy) is 1. The summed E-state index contributed by atoms with van der Waals surface area (Å²) in [6.07, 6.45) is 0.505. The van der Waals surface area contributed by atoms with E-state index in [0.717, 1.165) is 0 Å². The molecule has 0 bridgehead atoms. The van der Waals surface area contributed by atoms with Crippen LogP contribution in [0.25, 0.3) is 0 Å². The van der Waals surface area contributed by atoms with Gasteiger partial charge in [-0.05, 0) is 25.0 Å². The normalized spacial score (nSPS) is 12.0. The number of carbonyl (C=O) groups is 2. The molecule has 1 atom stereocenters. The summed E-state index contributed by atoms with van der Waals surface area (Å²) in [5.41, 5.74) is 6.05. The van der Waals surface area contributed by atoms with Gasteiger partial charge in [0.2, 0.25) is 0 Å². The van der Waals surface area contributed by atoms with Gasteiger partial charge in [0.1, 0.15) is 5.69 Å². The van der Waals surface area contributed by atoms with Gasteiger partial charge in [-0.15, -0.1) is 0 Å². The average molecular weight is 265 g/mol. The molecule has 104 valence electrons. The lowest BCUT2D eigenvalue weighted by molar-refractivity contribution is -0.129. The van der Waals surface area contributed by atoms with Crippen LogP contribution in [0, 0.1) is 5.92 Å². The third kappa shape index (κ3) is 4.95. The molecule has 1 rings (SSSR count). The molecule has 1 aromatic rings. The number of anilines is 1. The summed E-state index contributed by atoms with van der Waals surface area (Å²) < 4.78 is 5.02. The van der Waals surface area contributed by atoms with Crippen LogP contribution in [0.3, 0.4) is 0 Å². The van der Waals surface area contributed by atoms with Crippen LogP contribution < -0.4 is 11.1 Å². The number of aromatic nitrogens is 1. The zero-order valence-corrected chi connectivity index (χ0v) is 11.3. The molecule has 19 heavy (non-hydrogen) atoms. The van der Waals surface area contributed by atoms with E-state index in [2.05, 4.69) is 10.3 Å². The Labute approximate surface area is 112 Å². The van der Waals surface area contributed by atoms with Crippen molar-refractivity contribution in [2.75, 3.05) is 12.3 Å². The highest BCUT2D eigenvalue weighted by atomic mass is 16.5. The lowest BCUT2D eigenvalue weighted by Crippen LogP contribution is -2.37. The Morgan fingerprint density at radius 3 is 2.58 bits per heavy atom. The maximum Gasteiger partial charge on any atom is 0.357 e. The van der Waals surface area contributed by atoms with Gasteiger partial charge in [-0.25, -0.2) is 9.78 Å². The van der Waals surface area contributed by atoms with Crippen LogP contribution in [-0.2, 0) is 9.53 Å². The molecular weight excluding hydrogens is 246 g/mol. The number of nitrogen functional groups attached to an aromatic ring is 1. The topological polar surface area (TPSA) is 94.3 Å². The summed E-state index contributed by atoms with van der Waals surface area (Å²) >= 11 is 0. The van der Waals surface area contributed by atoms with E-state index in [1.165, 1.54) is 19.2 Å². The second-order valence-electron chi connectivity index (χ2n) is 4.66. The highest BCUT2D eigenvalue weighted by molar-refractivity contribution is 5.90. The van der Waals surface area contributed by atoms with E-state index in [9.17, 15) is 9.59 Å². The van der Waals surface area contributed by atoms with Crippen LogP contribution >= 0.6 is 0 Å². The van der Waals surface area contributed by atoms with Gasteiger partial charge in [-0.3, -0.25) is 4.79 Å². The van der Waals surface area contributed by atoms with Crippen LogP contribution in [0.1, 0.15) is 31.3 Å². The molecule has 1 heterocycles. The van der Waals surface area contributed by atoms with Gasteiger partial charge in [-0.2, -0.15) is 0 Å². The molecule has 0 saturated heterocycles. The number of nitrogens with two attached hydrogens (primary N) is 1. The monoisotopic (exact) mass is 265 g/mol. The minimum absolute atomic E-state index is 0.123. The number of nitrogens with one attached hydrogen (secondary N) is 1. The molecule has 1 amide bonds. The van der Waals surface area contributed by atoms with E-state index in [0.29, 0.717) is 18.2 Å². The molecule has 1 aromatic heterocycles.